The van der Waals surface area contributed by atoms with Crippen molar-refractivity contribution >= 4 is 40.6 Å². The summed E-state index contributed by atoms with van der Waals surface area (Å²) in [6, 6.07) is 6.72. The van der Waals surface area contributed by atoms with Gasteiger partial charge in [-0.15, -0.1) is 0 Å². The highest BCUT2D eigenvalue weighted by Gasteiger charge is 2.59. The van der Waals surface area contributed by atoms with Gasteiger partial charge in [-0.25, -0.2) is 0 Å². The van der Waals surface area contributed by atoms with Gasteiger partial charge in [0.2, 0.25) is 17.7 Å². The summed E-state index contributed by atoms with van der Waals surface area (Å²) in [5.41, 5.74) is 6.75. The van der Waals surface area contributed by atoms with E-state index in [-0.39, 0.29) is 35.2 Å². The molecule has 1 aliphatic carbocycles. The Kier molecular flexibility index (Phi) is 3.21. The number of carbonyl (C=O) groups is 3. The van der Waals surface area contributed by atoms with Crippen molar-refractivity contribution in [2.24, 2.45) is 17.6 Å². The molecular formula is C14H13N3O3S. The summed E-state index contributed by atoms with van der Waals surface area (Å²) in [7, 11) is 0. The van der Waals surface area contributed by atoms with Crippen molar-refractivity contribution < 1.29 is 14.4 Å². The van der Waals surface area contributed by atoms with Crippen LogP contribution >= 0.6 is 12.2 Å². The smallest absolute Gasteiger partial charge is 0.244 e. The fraction of sp³-hybridized carbons (Fsp3) is 0.286. The van der Waals surface area contributed by atoms with Crippen LogP contribution in [0.3, 0.4) is 0 Å². The number of likely N-dealkylation sites (tertiary alicyclic amines) is 1. The number of fused-ring (bicyclic) bond motifs is 1. The number of imide groups is 1. The van der Waals surface area contributed by atoms with Crippen LogP contribution in [0.5, 0.6) is 0 Å². The molecule has 1 saturated heterocycles. The van der Waals surface area contributed by atoms with Crippen molar-refractivity contribution in [1.29, 1.82) is 0 Å². The van der Waals surface area contributed by atoms with Crippen molar-refractivity contribution in [2.75, 3.05) is 11.9 Å². The van der Waals surface area contributed by atoms with Crippen LogP contribution in [0.25, 0.3) is 0 Å². The van der Waals surface area contributed by atoms with E-state index >= 15 is 0 Å². The zero-order valence-corrected chi connectivity index (χ0v) is 11.9. The number of nitrogens with one attached hydrogen (secondary N) is 1. The minimum atomic E-state index is -0.402. The van der Waals surface area contributed by atoms with Crippen LogP contribution in [0, 0.1) is 11.8 Å². The molecule has 2 fully saturated rings. The van der Waals surface area contributed by atoms with Gasteiger partial charge in [0.1, 0.15) is 11.5 Å². The van der Waals surface area contributed by atoms with Crippen LogP contribution in [0.4, 0.5) is 5.69 Å². The SMILES string of the molecule is NC(=S)c1ccc(NC(=O)CN2C(=O)C3CC3C2=O)cc1. The predicted molar refractivity (Wildman–Crippen MR) is 79.3 cm³/mol. The summed E-state index contributed by atoms with van der Waals surface area (Å²) in [4.78, 5) is 36.7. The Morgan fingerprint density at radius 3 is 2.33 bits per heavy atom. The molecule has 2 aliphatic rings. The molecule has 1 saturated carbocycles. The molecule has 6 nitrogen and oxygen atoms in total. The number of anilines is 1. The van der Waals surface area contributed by atoms with Crippen LogP contribution in [0.1, 0.15) is 12.0 Å². The summed E-state index contributed by atoms with van der Waals surface area (Å²) >= 11 is 4.84. The molecule has 3 amide bonds. The largest absolute Gasteiger partial charge is 0.389 e. The maximum absolute atomic E-state index is 11.9. The maximum Gasteiger partial charge on any atom is 0.244 e. The lowest BCUT2D eigenvalue weighted by molar-refractivity contribution is -0.143. The molecule has 1 heterocycles. The van der Waals surface area contributed by atoms with Gasteiger partial charge in [0, 0.05) is 11.3 Å². The summed E-state index contributed by atoms with van der Waals surface area (Å²) in [5.74, 6) is -1.24. The number of amides is 3. The second-order valence-corrected chi connectivity index (χ2v) is 5.64. The number of piperidine rings is 1. The Morgan fingerprint density at radius 1 is 1.24 bits per heavy atom. The van der Waals surface area contributed by atoms with Crippen LogP contribution < -0.4 is 11.1 Å². The molecule has 1 aromatic carbocycles. The minimum Gasteiger partial charge on any atom is -0.389 e. The zero-order valence-electron chi connectivity index (χ0n) is 11.0. The van der Waals surface area contributed by atoms with Crippen LogP contribution in [-0.2, 0) is 14.4 Å². The molecule has 1 aromatic rings. The minimum absolute atomic E-state index is 0.185. The molecule has 108 valence electrons. The second kappa shape index (κ2) is 4.92. The topological polar surface area (TPSA) is 92.5 Å². The van der Waals surface area contributed by atoms with E-state index in [0.717, 1.165) is 4.90 Å². The molecule has 0 aromatic heterocycles. The number of nitrogens with two attached hydrogens (primary N) is 1. The van der Waals surface area contributed by atoms with Crippen molar-refractivity contribution in [2.45, 2.75) is 6.42 Å². The summed E-state index contributed by atoms with van der Waals surface area (Å²) in [6.07, 6.45) is 0.635. The van der Waals surface area contributed by atoms with Crippen molar-refractivity contribution in [1.82, 2.24) is 4.90 Å². The van der Waals surface area contributed by atoms with Crippen molar-refractivity contribution in [3.05, 3.63) is 29.8 Å². The first-order valence-corrected chi connectivity index (χ1v) is 6.93. The van der Waals surface area contributed by atoms with Crippen LogP contribution in [0.15, 0.2) is 24.3 Å². The van der Waals surface area contributed by atoms with E-state index in [0.29, 0.717) is 17.7 Å². The summed E-state index contributed by atoms with van der Waals surface area (Å²) < 4.78 is 0. The number of thiocarbonyl (C=S) groups is 1. The van der Waals surface area contributed by atoms with Gasteiger partial charge >= 0.3 is 0 Å². The van der Waals surface area contributed by atoms with E-state index in [1.54, 1.807) is 24.3 Å². The van der Waals surface area contributed by atoms with E-state index in [1.165, 1.54) is 0 Å². The number of hydrogen-bond donors (Lipinski definition) is 2. The quantitative estimate of drug-likeness (QED) is 0.615. The Hall–Kier alpha value is -2.28. The van der Waals surface area contributed by atoms with Gasteiger partial charge in [-0.2, -0.15) is 0 Å². The molecular weight excluding hydrogens is 290 g/mol. The molecule has 3 rings (SSSR count). The molecule has 7 heteroatoms. The number of hydrogen-bond acceptors (Lipinski definition) is 4. The highest BCUT2D eigenvalue weighted by atomic mass is 32.1. The normalized spacial score (nSPS) is 23.0. The Balaban J connectivity index is 1.60. The molecule has 0 radical (unpaired) electrons. The predicted octanol–water partition coefficient (Wildman–Crippen LogP) is 0.264. The summed E-state index contributed by atoms with van der Waals surface area (Å²) in [5, 5.41) is 2.64. The first kappa shape index (κ1) is 13.7. The number of benzene rings is 1. The second-order valence-electron chi connectivity index (χ2n) is 5.20. The van der Waals surface area contributed by atoms with E-state index in [9.17, 15) is 14.4 Å². The molecule has 2 unspecified atom stereocenters. The van der Waals surface area contributed by atoms with Crippen molar-refractivity contribution in [3.8, 4) is 0 Å². The molecule has 1 aliphatic heterocycles. The third-order valence-electron chi connectivity index (χ3n) is 3.71. The monoisotopic (exact) mass is 303 g/mol. The fourth-order valence-electron chi connectivity index (χ4n) is 2.47. The molecule has 0 spiro atoms. The Labute approximate surface area is 126 Å². The lowest BCUT2D eigenvalue weighted by atomic mass is 10.2. The number of carbonyl (C=O) groups excluding carboxylic acids is 3. The van der Waals surface area contributed by atoms with Gasteiger partial charge in [0.05, 0.1) is 11.8 Å². The number of nitrogens with zero attached hydrogens (tertiary/aromatic N) is 1. The average Bonchev–Trinajstić information content (AvgIpc) is 3.20. The van der Waals surface area contributed by atoms with E-state index in [4.69, 9.17) is 18.0 Å². The van der Waals surface area contributed by atoms with Gasteiger partial charge in [0.25, 0.3) is 0 Å². The Bertz CT molecular complexity index is 636. The lowest BCUT2D eigenvalue weighted by Gasteiger charge is -2.15. The number of rotatable bonds is 4. The highest BCUT2D eigenvalue weighted by Crippen LogP contribution is 2.46. The van der Waals surface area contributed by atoms with Gasteiger partial charge < -0.3 is 11.1 Å². The average molecular weight is 303 g/mol. The lowest BCUT2D eigenvalue weighted by Crippen LogP contribution is -2.39. The molecule has 21 heavy (non-hydrogen) atoms. The third-order valence-corrected chi connectivity index (χ3v) is 3.95. The third kappa shape index (κ3) is 2.52. The Morgan fingerprint density at radius 2 is 1.81 bits per heavy atom. The van der Waals surface area contributed by atoms with Gasteiger partial charge in [-0.1, -0.05) is 12.2 Å². The first-order chi connectivity index (χ1) is 9.97. The standard InChI is InChI=1S/C14H13N3O3S/c15-12(21)7-1-3-8(4-2-7)16-11(18)6-17-13(19)9-5-10(9)14(17)20/h1-4,9-10H,5-6H2,(H2,15,21)(H,16,18). The highest BCUT2D eigenvalue weighted by molar-refractivity contribution is 7.80. The van der Waals surface area contributed by atoms with Gasteiger partial charge in [-0.05, 0) is 30.7 Å². The summed E-state index contributed by atoms with van der Waals surface area (Å²) in [6.45, 7) is -0.234. The van der Waals surface area contributed by atoms with E-state index in [2.05, 4.69) is 5.32 Å². The van der Waals surface area contributed by atoms with Crippen LogP contribution in [-0.4, -0.2) is 34.2 Å². The van der Waals surface area contributed by atoms with Gasteiger partial charge in [0.15, 0.2) is 0 Å². The first-order valence-electron chi connectivity index (χ1n) is 6.52. The fourth-order valence-corrected chi connectivity index (χ4v) is 2.60. The molecule has 3 N–H and O–H groups in total. The van der Waals surface area contributed by atoms with Crippen molar-refractivity contribution in [3.63, 3.8) is 0 Å². The maximum atomic E-state index is 11.9. The molecule has 0 bridgehead atoms. The zero-order chi connectivity index (χ0) is 15.1. The van der Waals surface area contributed by atoms with E-state index < -0.39 is 5.91 Å². The van der Waals surface area contributed by atoms with E-state index in [1.807, 2.05) is 0 Å². The van der Waals surface area contributed by atoms with Gasteiger partial charge in [-0.3, -0.25) is 19.3 Å². The van der Waals surface area contributed by atoms with Crippen LogP contribution in [0.2, 0.25) is 0 Å². The molecule has 2 atom stereocenters.